The van der Waals surface area contributed by atoms with E-state index in [9.17, 15) is 20.0 Å². The number of nitrogens with one attached hydrogen (secondary N) is 1. The number of benzene rings is 2. The van der Waals surface area contributed by atoms with Crippen molar-refractivity contribution in [1.82, 2.24) is 19.8 Å². The Kier molecular flexibility index (Phi) is 10.5. The Morgan fingerprint density at radius 1 is 1.02 bits per heavy atom. The normalized spacial score (nSPS) is 20.4. The highest BCUT2D eigenvalue weighted by atomic mass is 28.3. The molecule has 0 radical (unpaired) electrons. The summed E-state index contributed by atoms with van der Waals surface area (Å²) in [5.74, 6) is 0.0367. The van der Waals surface area contributed by atoms with Gasteiger partial charge in [0, 0.05) is 62.4 Å². The molecule has 2 N–H and O–H groups in total. The number of piperidine rings is 1. The van der Waals surface area contributed by atoms with Crippen LogP contribution in [-0.2, 0) is 6.54 Å². The molecule has 1 aromatic heterocycles. The van der Waals surface area contributed by atoms with Crippen LogP contribution in [0.4, 0.5) is 11.6 Å². The van der Waals surface area contributed by atoms with Crippen LogP contribution in [0, 0.1) is 23.0 Å². The minimum absolute atomic E-state index is 0.0528. The fourth-order valence-corrected chi connectivity index (χ4v) is 12.5. The summed E-state index contributed by atoms with van der Waals surface area (Å²) in [5.41, 5.74) is 9.61. The summed E-state index contributed by atoms with van der Waals surface area (Å²) in [4.78, 5) is 32.7. The second kappa shape index (κ2) is 15.5. The van der Waals surface area contributed by atoms with E-state index in [1.165, 1.54) is 86.7 Å². The van der Waals surface area contributed by atoms with Crippen LogP contribution < -0.4 is 15.4 Å². The van der Waals surface area contributed by atoms with Crippen molar-refractivity contribution in [3.05, 3.63) is 110 Å². The van der Waals surface area contributed by atoms with E-state index in [-0.39, 0.29) is 18.4 Å². The molecule has 1 unspecified atom stereocenters. The molecule has 0 spiro atoms. The van der Waals surface area contributed by atoms with Gasteiger partial charge in [0.2, 0.25) is 0 Å². The van der Waals surface area contributed by atoms with E-state index < -0.39 is 19.1 Å². The van der Waals surface area contributed by atoms with E-state index in [2.05, 4.69) is 93.3 Å². The fraction of sp³-hybridized carbons (Fsp3) is 0.465. The zero-order chi connectivity index (χ0) is 38.3. The number of carbonyl (C=O) groups excluding carboxylic acids is 1. The molecule has 1 atom stereocenters. The van der Waals surface area contributed by atoms with Crippen LogP contribution in [0.15, 0.2) is 77.8 Å². The second-order valence-corrected chi connectivity index (χ2v) is 20.9. The van der Waals surface area contributed by atoms with Crippen molar-refractivity contribution < 1.29 is 19.4 Å². The molecule has 8 rings (SSSR count). The first-order chi connectivity index (χ1) is 26.6. The lowest BCUT2D eigenvalue weighted by Gasteiger charge is -2.38. The minimum atomic E-state index is -2.06. The molecule has 11 nitrogen and oxygen atoms in total. The summed E-state index contributed by atoms with van der Waals surface area (Å²) in [6.07, 6.45) is 16.2. The summed E-state index contributed by atoms with van der Waals surface area (Å²) >= 11 is 0. The number of β-amino-alcohol motifs (C(OH)–C–C–N with tert-alkyl or cyclic N) is 1. The van der Waals surface area contributed by atoms with Crippen LogP contribution in [0.1, 0.15) is 65.6 Å². The van der Waals surface area contributed by atoms with Gasteiger partial charge in [-0.15, -0.1) is 0 Å². The van der Waals surface area contributed by atoms with Crippen LogP contribution in [0.25, 0.3) is 5.57 Å². The number of allylic oxidation sites excluding steroid dienone is 5. The third-order valence-corrected chi connectivity index (χ3v) is 16.1. The first-order valence-corrected chi connectivity index (χ1v) is 23.2. The molecule has 3 saturated heterocycles. The first kappa shape index (κ1) is 37.3. The highest BCUT2D eigenvalue weighted by Crippen LogP contribution is 2.43. The number of hydrogen-bond acceptors (Lipinski definition) is 7. The Labute approximate surface area is 324 Å². The van der Waals surface area contributed by atoms with Gasteiger partial charge in [-0.3, -0.25) is 4.79 Å². The number of nitro groups is 1. The molecule has 12 heteroatoms. The Bertz CT molecular complexity index is 2110. The number of aromatic nitrogens is 2. The number of aliphatic hydroxyl groups excluding tert-OH is 1. The van der Waals surface area contributed by atoms with Crippen LogP contribution in [0.3, 0.4) is 0 Å². The number of nitrogens with zero attached hydrogens (tertiary/aromatic N) is 6. The number of imidazole rings is 1. The zero-order valence-corrected chi connectivity index (χ0v) is 33.5. The van der Waals surface area contributed by atoms with Gasteiger partial charge in [-0.05, 0) is 125 Å². The van der Waals surface area contributed by atoms with E-state index in [1.807, 2.05) is 6.07 Å². The lowest BCUT2D eigenvalue weighted by molar-refractivity contribution is -0.504. The largest absolute Gasteiger partial charge is 0.434 e. The Hall–Kier alpha value is -4.65. The van der Waals surface area contributed by atoms with Crippen molar-refractivity contribution in [2.75, 3.05) is 57.3 Å². The van der Waals surface area contributed by atoms with Crippen LogP contribution in [-0.4, -0.2) is 107 Å². The third kappa shape index (κ3) is 7.51. The summed E-state index contributed by atoms with van der Waals surface area (Å²) in [6.45, 7) is 14.5. The van der Waals surface area contributed by atoms with Gasteiger partial charge >= 0.3 is 5.95 Å². The molecule has 0 bridgehead atoms. The maximum Gasteiger partial charge on any atom is 0.434 e. The van der Waals surface area contributed by atoms with Crippen LogP contribution in [0.5, 0.6) is 0 Å². The zero-order valence-electron chi connectivity index (χ0n) is 32.5. The average Bonchev–Trinajstić information content (AvgIpc) is 3.99. The monoisotopic (exact) mass is 760 g/mol. The number of fused-ring (bicyclic) bond motifs is 2. The van der Waals surface area contributed by atoms with E-state index >= 15 is 0 Å². The lowest BCUT2D eigenvalue weighted by Crippen LogP contribution is -2.50. The molecular weight excluding hydrogens is 707 g/mol. The quantitative estimate of drug-likeness (QED) is 0.126. The van der Waals surface area contributed by atoms with Crippen molar-refractivity contribution in [2.45, 2.75) is 71.2 Å². The topological polar surface area (TPSA) is 120 Å². The van der Waals surface area contributed by atoms with E-state index in [0.29, 0.717) is 24.6 Å². The van der Waals surface area contributed by atoms with Gasteiger partial charge in [-0.2, -0.15) is 0 Å². The van der Waals surface area contributed by atoms with E-state index in [0.717, 1.165) is 57.7 Å². The smallest absolute Gasteiger partial charge is 0.390 e. The van der Waals surface area contributed by atoms with Crippen molar-refractivity contribution in [2.24, 2.45) is 5.92 Å². The molecular formula is C43H54N7O4Si+. The molecule has 0 saturated carbocycles. The van der Waals surface area contributed by atoms with Crippen LogP contribution >= 0.6 is 0 Å². The predicted octanol–water partition coefficient (Wildman–Crippen LogP) is 5.22. The number of aryl methyl sites for hydroxylation is 1. The number of hydrogen-bond donors (Lipinski definition) is 2. The first-order valence-electron chi connectivity index (χ1n) is 20.2. The molecule has 3 aromatic rings. The van der Waals surface area contributed by atoms with Crippen LogP contribution in [0.2, 0.25) is 13.1 Å². The minimum Gasteiger partial charge on any atom is -0.390 e. The molecule has 2 aromatic carbocycles. The molecule has 4 aliphatic heterocycles. The summed E-state index contributed by atoms with van der Waals surface area (Å²) < 4.78 is 3.93. The maximum atomic E-state index is 13.6. The Morgan fingerprint density at radius 3 is 2.49 bits per heavy atom. The van der Waals surface area contributed by atoms with Crippen molar-refractivity contribution >= 4 is 42.1 Å². The van der Waals surface area contributed by atoms with Gasteiger partial charge in [0.25, 0.3) is 5.91 Å². The highest BCUT2D eigenvalue weighted by molar-refractivity contribution is 6.98. The standard InChI is InChI=1S/C43H53N7O4Si/c1-30-24-32(42(52)45-27-31-14-21-46(22-15-31)28-35(51)29-49-23-16-44-43(49)50(53)54)8-11-36(30)41-37-12-9-33(47-17-4-5-18-47)25-39(37)55(2,3)40-26-34(10-13-38(40)41)48-19-6-7-20-48/h8-13,16,23-26,31,35,51H,4-7,14-15,17-22,27-29H2,1-3H3/p+1. The van der Waals surface area contributed by atoms with Crippen molar-refractivity contribution in [3.8, 4) is 0 Å². The summed E-state index contributed by atoms with van der Waals surface area (Å²) in [6, 6.07) is 13.4. The van der Waals surface area contributed by atoms with Gasteiger partial charge < -0.3 is 30.3 Å². The molecule has 5 heterocycles. The van der Waals surface area contributed by atoms with Gasteiger partial charge in [-0.1, -0.05) is 30.2 Å². The Balaban J connectivity index is 0.971. The molecule has 1 aliphatic carbocycles. The van der Waals surface area contributed by atoms with Gasteiger partial charge in [-0.25, -0.2) is 9.14 Å². The summed E-state index contributed by atoms with van der Waals surface area (Å²) in [7, 11) is -2.06. The maximum absolute atomic E-state index is 13.6. The number of aliphatic hydroxyl groups is 1. The van der Waals surface area contributed by atoms with Gasteiger partial charge in [0.15, 0.2) is 5.71 Å². The fourth-order valence-electron chi connectivity index (χ4n) is 9.46. The van der Waals surface area contributed by atoms with Gasteiger partial charge in [0.1, 0.15) is 33.6 Å². The number of rotatable bonds is 10. The van der Waals surface area contributed by atoms with E-state index in [1.54, 1.807) is 0 Å². The lowest BCUT2D eigenvalue weighted by atomic mass is 9.87. The number of amides is 1. The number of likely N-dealkylation sites (tertiary alicyclic amines) is 1. The molecule has 1 amide bonds. The third-order valence-electron chi connectivity index (χ3n) is 12.6. The molecule has 288 valence electrons. The van der Waals surface area contributed by atoms with E-state index in [4.69, 9.17) is 0 Å². The predicted molar refractivity (Wildman–Crippen MR) is 220 cm³/mol. The Morgan fingerprint density at radius 2 is 1.76 bits per heavy atom. The highest BCUT2D eigenvalue weighted by Gasteiger charge is 2.41. The molecule has 3 fully saturated rings. The SMILES string of the molecule is Cc1cc(C(=O)NCC2CCN(CC(O)Cn3ccnc3[N+](=O)[O-])CC2)ccc1C1=C2C=CC(=[N+]3CCCC3)C=C2[Si](C)(C)c2cc(N3CCCC3)ccc21. The second-order valence-electron chi connectivity index (χ2n) is 16.6. The van der Waals surface area contributed by atoms with Crippen molar-refractivity contribution in [3.63, 3.8) is 0 Å². The van der Waals surface area contributed by atoms with Crippen molar-refractivity contribution in [1.29, 1.82) is 0 Å². The number of carbonyl (C=O) groups is 1. The molecule has 5 aliphatic rings. The average molecular weight is 761 g/mol. The van der Waals surface area contributed by atoms with Gasteiger partial charge in [0.05, 0.1) is 12.6 Å². The summed E-state index contributed by atoms with van der Waals surface area (Å²) in [5, 5.41) is 28.0. The molecule has 55 heavy (non-hydrogen) atoms. The number of anilines is 1.